The number of ether oxygens (including phenoxy) is 1. The average Bonchev–Trinajstić information content (AvgIpc) is 2.14. The van der Waals surface area contributed by atoms with E-state index in [1.165, 1.54) is 19.1 Å². The Balaban J connectivity index is 2.89. The molecule has 5 nitrogen and oxygen atoms in total. The third kappa shape index (κ3) is 3.75. The van der Waals surface area contributed by atoms with E-state index in [0.717, 1.165) is 6.07 Å². The molecule has 0 aromatic heterocycles. The zero-order chi connectivity index (χ0) is 13.0. The molecule has 3 N–H and O–H groups in total. The van der Waals surface area contributed by atoms with Crippen LogP contribution in [0.3, 0.4) is 0 Å². The van der Waals surface area contributed by atoms with Crippen molar-refractivity contribution in [1.82, 2.24) is 5.32 Å². The molecule has 1 aromatic carbocycles. The Morgan fingerprint density at radius 3 is 2.59 bits per heavy atom. The number of nitrogens with two attached hydrogens (primary N) is 1. The van der Waals surface area contributed by atoms with E-state index in [4.69, 9.17) is 5.73 Å². The van der Waals surface area contributed by atoms with Crippen molar-refractivity contribution in [2.45, 2.75) is 19.9 Å². The molecule has 1 atom stereocenters. The number of nitrogens with one attached hydrogen (secondary N) is 1. The Labute approximate surface area is 97.7 Å². The van der Waals surface area contributed by atoms with Crippen LogP contribution in [0.25, 0.3) is 0 Å². The number of carbonyl (C=O) groups is 2. The second-order valence-electron chi connectivity index (χ2n) is 3.53. The summed E-state index contributed by atoms with van der Waals surface area (Å²) in [5.41, 5.74) is 5.10. The lowest BCUT2D eigenvalue weighted by molar-refractivity contribution is -0.119. The molecule has 1 unspecified atom stereocenters. The summed E-state index contributed by atoms with van der Waals surface area (Å²) in [4.78, 5) is 21.3. The number of amides is 2. The number of hydrogen-bond donors (Lipinski definition) is 2. The third-order valence-corrected chi connectivity index (χ3v) is 2.08. The number of benzene rings is 1. The van der Waals surface area contributed by atoms with Gasteiger partial charge in [-0.3, -0.25) is 4.79 Å². The fraction of sp³-hybridized carbons (Fsp3) is 0.273. The molecule has 0 bridgehead atoms. The Bertz CT molecular complexity index is 448. The van der Waals surface area contributed by atoms with E-state index in [1.807, 2.05) is 0 Å². The van der Waals surface area contributed by atoms with Crippen LogP contribution in [0.5, 0.6) is 5.75 Å². The number of halogens is 1. The summed E-state index contributed by atoms with van der Waals surface area (Å²) < 4.78 is 18.1. The second kappa shape index (κ2) is 5.29. The van der Waals surface area contributed by atoms with Crippen LogP contribution in [0.1, 0.15) is 25.5 Å². The van der Waals surface area contributed by atoms with E-state index in [1.54, 1.807) is 6.92 Å². The van der Waals surface area contributed by atoms with Crippen LogP contribution in [0.2, 0.25) is 0 Å². The molecular weight excluding hydrogens is 227 g/mol. The average molecular weight is 240 g/mol. The lowest BCUT2D eigenvalue weighted by Crippen LogP contribution is -2.24. The maximum atomic E-state index is 13.6. The van der Waals surface area contributed by atoms with Crippen LogP contribution in [-0.4, -0.2) is 12.0 Å². The minimum atomic E-state index is -1.01. The number of rotatable bonds is 3. The molecule has 0 aliphatic carbocycles. The number of primary amides is 1. The van der Waals surface area contributed by atoms with Crippen molar-refractivity contribution >= 4 is 12.0 Å². The molecule has 0 spiro atoms. The van der Waals surface area contributed by atoms with E-state index in [-0.39, 0.29) is 11.7 Å². The highest BCUT2D eigenvalue weighted by Crippen LogP contribution is 2.21. The smallest absolute Gasteiger partial charge is 0.409 e. The van der Waals surface area contributed by atoms with E-state index in [0.29, 0.717) is 5.56 Å². The van der Waals surface area contributed by atoms with Crippen LogP contribution >= 0.6 is 0 Å². The predicted octanol–water partition coefficient (Wildman–Crippen LogP) is 1.48. The first-order valence-corrected chi connectivity index (χ1v) is 4.94. The Kier molecular flexibility index (Phi) is 4.03. The molecule has 1 rings (SSSR count). The molecule has 17 heavy (non-hydrogen) atoms. The monoisotopic (exact) mass is 240 g/mol. The van der Waals surface area contributed by atoms with Gasteiger partial charge in [-0.05, 0) is 13.0 Å². The van der Waals surface area contributed by atoms with Crippen molar-refractivity contribution in [1.29, 1.82) is 0 Å². The van der Waals surface area contributed by atoms with Gasteiger partial charge in [-0.2, -0.15) is 0 Å². The van der Waals surface area contributed by atoms with Crippen LogP contribution in [0.4, 0.5) is 9.18 Å². The van der Waals surface area contributed by atoms with Gasteiger partial charge in [0.15, 0.2) is 0 Å². The van der Waals surface area contributed by atoms with Gasteiger partial charge in [0.1, 0.15) is 11.6 Å². The third-order valence-electron chi connectivity index (χ3n) is 2.08. The van der Waals surface area contributed by atoms with E-state index in [9.17, 15) is 14.0 Å². The molecule has 6 heteroatoms. The summed E-state index contributed by atoms with van der Waals surface area (Å²) in [5, 5.41) is 2.55. The minimum Gasteiger partial charge on any atom is -0.410 e. The van der Waals surface area contributed by atoms with Crippen molar-refractivity contribution in [2.75, 3.05) is 0 Å². The van der Waals surface area contributed by atoms with Gasteiger partial charge in [-0.1, -0.05) is 6.07 Å². The highest BCUT2D eigenvalue weighted by Gasteiger charge is 2.13. The largest absolute Gasteiger partial charge is 0.410 e. The topological polar surface area (TPSA) is 81.4 Å². The molecule has 1 aromatic rings. The fourth-order valence-electron chi connectivity index (χ4n) is 1.42. The zero-order valence-corrected chi connectivity index (χ0v) is 9.49. The second-order valence-corrected chi connectivity index (χ2v) is 3.53. The quantitative estimate of drug-likeness (QED) is 0.839. The van der Waals surface area contributed by atoms with Gasteiger partial charge < -0.3 is 15.8 Å². The first-order chi connectivity index (χ1) is 7.90. The molecule has 0 radical (unpaired) electrons. The summed E-state index contributed by atoms with van der Waals surface area (Å²) in [6.45, 7) is 2.99. The van der Waals surface area contributed by atoms with Gasteiger partial charge in [0.2, 0.25) is 5.91 Å². The first kappa shape index (κ1) is 13.0. The van der Waals surface area contributed by atoms with E-state index >= 15 is 0 Å². The van der Waals surface area contributed by atoms with Crippen molar-refractivity contribution < 1.29 is 18.7 Å². The molecule has 2 amide bonds. The van der Waals surface area contributed by atoms with Gasteiger partial charge in [0, 0.05) is 18.6 Å². The molecular formula is C11H13FN2O3. The molecule has 0 saturated heterocycles. The Morgan fingerprint density at radius 2 is 2.12 bits per heavy atom. The zero-order valence-electron chi connectivity index (χ0n) is 9.49. The van der Waals surface area contributed by atoms with Gasteiger partial charge in [-0.15, -0.1) is 0 Å². The van der Waals surface area contributed by atoms with Crippen molar-refractivity contribution in [2.24, 2.45) is 5.73 Å². The summed E-state index contributed by atoms with van der Waals surface area (Å²) in [5.74, 6) is -0.812. The van der Waals surface area contributed by atoms with Crippen molar-refractivity contribution in [3.8, 4) is 5.75 Å². The molecule has 0 aliphatic heterocycles. The van der Waals surface area contributed by atoms with Gasteiger partial charge >= 0.3 is 6.09 Å². The summed E-state index contributed by atoms with van der Waals surface area (Å²) in [7, 11) is 0. The first-order valence-electron chi connectivity index (χ1n) is 4.94. The highest BCUT2D eigenvalue weighted by molar-refractivity contribution is 5.73. The maximum Gasteiger partial charge on any atom is 0.409 e. The van der Waals surface area contributed by atoms with E-state index in [2.05, 4.69) is 10.1 Å². The Hall–Kier alpha value is -2.11. The molecule has 0 aliphatic rings. The lowest BCUT2D eigenvalue weighted by atomic mass is 10.1. The fourth-order valence-corrected chi connectivity index (χ4v) is 1.42. The standard InChI is InChI=1S/C11H13FN2O3/c1-6(14-7(2)15)9-4-3-8(5-10(9)12)17-11(13)16/h3-6H,1-2H3,(H2,13,16)(H,14,15). The normalized spacial score (nSPS) is 11.7. The van der Waals surface area contributed by atoms with Gasteiger partial charge in [0.05, 0.1) is 6.04 Å². The summed E-state index contributed by atoms with van der Waals surface area (Å²) in [6.07, 6.45) is -1.01. The Morgan fingerprint density at radius 1 is 1.47 bits per heavy atom. The summed E-state index contributed by atoms with van der Waals surface area (Å²) >= 11 is 0. The van der Waals surface area contributed by atoms with Crippen molar-refractivity contribution in [3.05, 3.63) is 29.6 Å². The minimum absolute atomic E-state index is 0.0220. The number of hydrogen-bond acceptors (Lipinski definition) is 3. The van der Waals surface area contributed by atoms with Crippen LogP contribution < -0.4 is 15.8 Å². The molecule has 0 fully saturated rings. The maximum absolute atomic E-state index is 13.6. The van der Waals surface area contributed by atoms with Crippen LogP contribution in [0.15, 0.2) is 18.2 Å². The SMILES string of the molecule is CC(=O)NC(C)c1ccc(OC(N)=O)cc1F. The van der Waals surface area contributed by atoms with Gasteiger partial charge in [0.25, 0.3) is 0 Å². The van der Waals surface area contributed by atoms with Crippen molar-refractivity contribution in [3.63, 3.8) is 0 Å². The molecule has 0 heterocycles. The van der Waals surface area contributed by atoms with Crippen LogP contribution in [0, 0.1) is 5.82 Å². The summed E-state index contributed by atoms with van der Waals surface area (Å²) in [6, 6.07) is 3.41. The number of carbonyl (C=O) groups excluding carboxylic acids is 2. The molecule has 0 saturated carbocycles. The molecule has 92 valence electrons. The van der Waals surface area contributed by atoms with Crippen LogP contribution in [-0.2, 0) is 4.79 Å². The predicted molar refractivity (Wildman–Crippen MR) is 58.8 cm³/mol. The lowest BCUT2D eigenvalue weighted by Gasteiger charge is -2.14. The van der Waals surface area contributed by atoms with Gasteiger partial charge in [-0.25, -0.2) is 9.18 Å². The highest BCUT2D eigenvalue weighted by atomic mass is 19.1. The van der Waals surface area contributed by atoms with E-state index < -0.39 is 18.0 Å².